The van der Waals surface area contributed by atoms with Gasteiger partial charge in [0.05, 0.1) is 11.1 Å². The number of non-ortho nitro benzene ring substituents is 1. The maximum Gasteiger partial charge on any atom is 0.271 e. The maximum atomic E-state index is 10.6. The van der Waals surface area contributed by atoms with Crippen LogP contribution < -0.4 is 0 Å². The predicted octanol–water partition coefficient (Wildman–Crippen LogP) is 2.75. The van der Waals surface area contributed by atoms with Crippen LogP contribution in [0.3, 0.4) is 0 Å². The summed E-state index contributed by atoms with van der Waals surface area (Å²) in [6.45, 7) is 0. The van der Waals surface area contributed by atoms with Gasteiger partial charge in [0.2, 0.25) is 0 Å². The molecule has 0 amide bonds. The van der Waals surface area contributed by atoms with E-state index in [9.17, 15) is 10.1 Å². The Kier molecular flexibility index (Phi) is 2.51. The van der Waals surface area contributed by atoms with Crippen LogP contribution >= 0.6 is 15.9 Å². The van der Waals surface area contributed by atoms with E-state index in [-0.39, 0.29) is 5.69 Å². The van der Waals surface area contributed by atoms with Crippen molar-refractivity contribution < 1.29 is 4.92 Å². The molecule has 1 aromatic carbocycles. The normalized spacial score (nSPS) is 10.2. The van der Waals surface area contributed by atoms with Gasteiger partial charge in [-0.1, -0.05) is 15.9 Å². The Morgan fingerprint density at radius 3 is 2.73 bits per heavy atom. The Morgan fingerprint density at radius 2 is 2.13 bits per heavy atom. The van der Waals surface area contributed by atoms with Crippen LogP contribution in [0, 0.1) is 10.1 Å². The summed E-state index contributed by atoms with van der Waals surface area (Å²) >= 11 is 3.23. The average molecular weight is 268 g/mol. The van der Waals surface area contributed by atoms with E-state index in [1.165, 1.54) is 12.1 Å². The highest BCUT2D eigenvalue weighted by molar-refractivity contribution is 9.10. The number of nitro groups is 1. The van der Waals surface area contributed by atoms with Gasteiger partial charge in [0.15, 0.2) is 0 Å². The molecule has 0 saturated heterocycles. The Morgan fingerprint density at radius 1 is 1.33 bits per heavy atom. The van der Waals surface area contributed by atoms with Crippen LogP contribution in [0.15, 0.2) is 35.1 Å². The lowest BCUT2D eigenvalue weighted by Crippen LogP contribution is -1.88. The fourth-order valence-electron chi connectivity index (χ4n) is 1.25. The zero-order valence-corrected chi connectivity index (χ0v) is 9.06. The third kappa shape index (κ3) is 2.04. The van der Waals surface area contributed by atoms with Crippen LogP contribution in [-0.2, 0) is 0 Å². The lowest BCUT2D eigenvalue weighted by atomic mass is 10.1. The third-order valence-corrected chi connectivity index (χ3v) is 2.38. The van der Waals surface area contributed by atoms with Gasteiger partial charge in [-0.3, -0.25) is 15.2 Å². The number of nitro benzene ring substituents is 1. The SMILES string of the molecule is O=[N+]([O-])c1cc(Br)cc(-c2cn[nH]c2)c1. The van der Waals surface area contributed by atoms with Crippen molar-refractivity contribution in [3.8, 4) is 11.1 Å². The first kappa shape index (κ1) is 9.85. The van der Waals surface area contributed by atoms with E-state index in [4.69, 9.17) is 0 Å². The van der Waals surface area contributed by atoms with Gasteiger partial charge in [0.1, 0.15) is 0 Å². The number of rotatable bonds is 2. The van der Waals surface area contributed by atoms with Crippen molar-refractivity contribution in [2.24, 2.45) is 0 Å². The first-order valence-electron chi connectivity index (χ1n) is 4.11. The second kappa shape index (κ2) is 3.82. The van der Waals surface area contributed by atoms with Gasteiger partial charge < -0.3 is 0 Å². The molecule has 0 unspecified atom stereocenters. The number of H-pyrrole nitrogens is 1. The number of halogens is 1. The molecule has 15 heavy (non-hydrogen) atoms. The quantitative estimate of drug-likeness (QED) is 0.672. The van der Waals surface area contributed by atoms with E-state index < -0.39 is 4.92 Å². The summed E-state index contributed by atoms with van der Waals surface area (Å²) in [6.07, 6.45) is 3.30. The largest absolute Gasteiger partial charge is 0.285 e. The van der Waals surface area contributed by atoms with Crippen molar-refractivity contribution in [2.45, 2.75) is 0 Å². The van der Waals surface area contributed by atoms with E-state index in [0.29, 0.717) is 4.47 Å². The van der Waals surface area contributed by atoms with Crippen molar-refractivity contribution in [2.75, 3.05) is 0 Å². The Bertz CT molecular complexity index is 496. The number of aromatic amines is 1. The van der Waals surface area contributed by atoms with Crippen LogP contribution in [0.2, 0.25) is 0 Å². The minimum Gasteiger partial charge on any atom is -0.285 e. The molecule has 1 heterocycles. The average Bonchev–Trinajstić information content (AvgIpc) is 2.69. The van der Waals surface area contributed by atoms with Gasteiger partial charge in [-0.15, -0.1) is 0 Å². The van der Waals surface area contributed by atoms with Crippen LogP contribution in [0.1, 0.15) is 0 Å². The highest BCUT2D eigenvalue weighted by atomic mass is 79.9. The number of aromatic nitrogens is 2. The van der Waals surface area contributed by atoms with Gasteiger partial charge in [-0.25, -0.2) is 0 Å². The zero-order chi connectivity index (χ0) is 10.8. The molecule has 0 atom stereocenters. The van der Waals surface area contributed by atoms with Gasteiger partial charge in [-0.2, -0.15) is 5.10 Å². The van der Waals surface area contributed by atoms with Gasteiger partial charge in [0, 0.05) is 28.4 Å². The molecule has 5 nitrogen and oxygen atoms in total. The molecule has 0 radical (unpaired) electrons. The molecule has 6 heteroatoms. The number of hydrogen-bond acceptors (Lipinski definition) is 3. The lowest BCUT2D eigenvalue weighted by Gasteiger charge is -1.98. The van der Waals surface area contributed by atoms with Crippen LogP contribution in [0.5, 0.6) is 0 Å². The molecule has 0 aliphatic heterocycles. The Labute approximate surface area is 93.4 Å². The fourth-order valence-corrected chi connectivity index (χ4v) is 1.74. The van der Waals surface area contributed by atoms with E-state index in [2.05, 4.69) is 26.1 Å². The van der Waals surface area contributed by atoms with Crippen molar-refractivity contribution in [1.82, 2.24) is 10.2 Å². The molecule has 0 aliphatic carbocycles. The molecule has 0 aliphatic rings. The third-order valence-electron chi connectivity index (χ3n) is 1.92. The molecular weight excluding hydrogens is 262 g/mol. The summed E-state index contributed by atoms with van der Waals surface area (Å²) in [6, 6.07) is 4.77. The maximum absolute atomic E-state index is 10.6. The number of hydrogen-bond donors (Lipinski definition) is 1. The van der Waals surface area contributed by atoms with Crippen molar-refractivity contribution in [1.29, 1.82) is 0 Å². The summed E-state index contributed by atoms with van der Waals surface area (Å²) in [5.41, 5.74) is 1.63. The second-order valence-corrected chi connectivity index (χ2v) is 3.86. The van der Waals surface area contributed by atoms with E-state index in [0.717, 1.165) is 11.1 Å². The van der Waals surface area contributed by atoms with E-state index in [1.54, 1.807) is 18.5 Å². The predicted molar refractivity (Wildman–Crippen MR) is 58.4 cm³/mol. The highest BCUT2D eigenvalue weighted by Crippen LogP contribution is 2.27. The van der Waals surface area contributed by atoms with Gasteiger partial charge in [-0.05, 0) is 11.6 Å². The van der Waals surface area contributed by atoms with Gasteiger partial charge in [0.25, 0.3) is 5.69 Å². The zero-order valence-electron chi connectivity index (χ0n) is 7.48. The molecule has 0 bridgehead atoms. The minimum absolute atomic E-state index is 0.0561. The minimum atomic E-state index is -0.422. The molecule has 1 aromatic heterocycles. The molecule has 1 N–H and O–H groups in total. The van der Waals surface area contributed by atoms with Crippen LogP contribution in [-0.4, -0.2) is 15.1 Å². The number of benzene rings is 1. The van der Waals surface area contributed by atoms with Crippen LogP contribution in [0.25, 0.3) is 11.1 Å². The second-order valence-electron chi connectivity index (χ2n) is 2.94. The topological polar surface area (TPSA) is 71.8 Å². The highest BCUT2D eigenvalue weighted by Gasteiger charge is 2.10. The number of nitrogens with zero attached hydrogens (tertiary/aromatic N) is 2. The molecular formula is C9H6BrN3O2. The summed E-state index contributed by atoms with van der Waals surface area (Å²) in [5.74, 6) is 0. The lowest BCUT2D eigenvalue weighted by molar-refractivity contribution is -0.384. The number of nitrogens with one attached hydrogen (secondary N) is 1. The van der Waals surface area contributed by atoms with Crippen molar-refractivity contribution in [3.63, 3.8) is 0 Å². The molecule has 2 aromatic rings. The molecule has 76 valence electrons. The van der Waals surface area contributed by atoms with E-state index in [1.807, 2.05) is 0 Å². The van der Waals surface area contributed by atoms with Crippen molar-refractivity contribution in [3.05, 3.63) is 45.2 Å². The Hall–Kier alpha value is -1.69. The first-order chi connectivity index (χ1) is 7.16. The Balaban J connectivity index is 2.54. The fraction of sp³-hybridized carbons (Fsp3) is 0. The van der Waals surface area contributed by atoms with E-state index >= 15 is 0 Å². The van der Waals surface area contributed by atoms with Gasteiger partial charge >= 0.3 is 0 Å². The summed E-state index contributed by atoms with van der Waals surface area (Å²) in [4.78, 5) is 10.2. The van der Waals surface area contributed by atoms with Crippen molar-refractivity contribution >= 4 is 21.6 Å². The smallest absolute Gasteiger partial charge is 0.271 e. The molecule has 2 rings (SSSR count). The van der Waals surface area contributed by atoms with Crippen LogP contribution in [0.4, 0.5) is 5.69 Å². The molecule has 0 fully saturated rings. The summed E-state index contributed by atoms with van der Waals surface area (Å²) in [7, 11) is 0. The molecule has 0 saturated carbocycles. The molecule has 0 spiro atoms. The summed E-state index contributed by atoms with van der Waals surface area (Å²) in [5, 5.41) is 17.1. The summed E-state index contributed by atoms with van der Waals surface area (Å²) < 4.78 is 0.674. The monoisotopic (exact) mass is 267 g/mol. The standard InChI is InChI=1S/C9H6BrN3O2/c10-8-1-6(7-4-11-12-5-7)2-9(3-8)13(14)15/h1-5H,(H,11,12). The first-order valence-corrected chi connectivity index (χ1v) is 4.90.